The van der Waals surface area contributed by atoms with Crippen LogP contribution in [0.1, 0.15) is 18.5 Å². The van der Waals surface area contributed by atoms with E-state index in [9.17, 15) is 18.0 Å². The van der Waals surface area contributed by atoms with Crippen molar-refractivity contribution in [3.05, 3.63) is 34.3 Å². The van der Waals surface area contributed by atoms with Crippen LogP contribution < -0.4 is 5.32 Å². The number of halogens is 4. The summed E-state index contributed by atoms with van der Waals surface area (Å²) in [6.07, 6.45) is -4.50. The molecule has 0 saturated heterocycles. The van der Waals surface area contributed by atoms with Crippen molar-refractivity contribution in [2.75, 3.05) is 0 Å². The Bertz CT molecular complexity index is 375. The molecule has 0 spiro atoms. The lowest BCUT2D eigenvalue weighted by atomic mass is 10.1. The smallest absolute Gasteiger partial charge is 0.341 e. The van der Waals surface area contributed by atoms with E-state index in [1.165, 1.54) is 24.3 Å². The van der Waals surface area contributed by atoms with Crippen LogP contribution in [-0.4, -0.2) is 12.1 Å². The van der Waals surface area contributed by atoms with Crippen molar-refractivity contribution in [1.29, 1.82) is 0 Å². The molecule has 16 heavy (non-hydrogen) atoms. The van der Waals surface area contributed by atoms with Gasteiger partial charge in [0, 0.05) is 11.4 Å². The van der Waals surface area contributed by atoms with Crippen molar-refractivity contribution < 1.29 is 18.0 Å². The second-order valence-electron chi connectivity index (χ2n) is 3.23. The van der Waals surface area contributed by atoms with Gasteiger partial charge in [0.05, 0.1) is 0 Å². The molecule has 1 aromatic carbocycles. The molecular weight excluding hydrogens is 287 g/mol. The van der Waals surface area contributed by atoms with E-state index in [0.29, 0.717) is 4.47 Å². The van der Waals surface area contributed by atoms with Crippen LogP contribution in [0.15, 0.2) is 28.7 Å². The molecule has 0 radical (unpaired) electrons. The summed E-state index contributed by atoms with van der Waals surface area (Å²) in [5.41, 5.74) is 0.00546. The fraction of sp³-hybridized carbons (Fsp3) is 0.300. The number of carbonyl (C=O) groups excluding carboxylic acids is 1. The molecule has 0 aliphatic carbocycles. The molecule has 2 nitrogen and oxygen atoms in total. The molecule has 1 rings (SSSR count). The average Bonchev–Trinajstić information content (AvgIpc) is 2.14. The first-order chi connectivity index (χ1) is 7.30. The zero-order chi connectivity index (χ0) is 12.3. The van der Waals surface area contributed by atoms with Gasteiger partial charge in [-0.15, -0.1) is 0 Å². The molecule has 1 unspecified atom stereocenters. The van der Waals surface area contributed by atoms with E-state index >= 15 is 0 Å². The Morgan fingerprint density at radius 2 is 1.81 bits per heavy atom. The molecule has 1 N–H and O–H groups in total. The van der Waals surface area contributed by atoms with Gasteiger partial charge in [0.1, 0.15) is 0 Å². The van der Waals surface area contributed by atoms with Crippen LogP contribution in [0.25, 0.3) is 0 Å². The first-order valence-electron chi connectivity index (χ1n) is 4.40. The van der Waals surface area contributed by atoms with Gasteiger partial charge >= 0.3 is 6.18 Å². The third kappa shape index (κ3) is 3.52. The predicted octanol–water partition coefficient (Wildman–Crippen LogP) is 3.19. The van der Waals surface area contributed by atoms with Crippen molar-refractivity contribution in [1.82, 2.24) is 5.32 Å². The summed E-state index contributed by atoms with van der Waals surface area (Å²) in [5, 5.41) is 1.88. The maximum Gasteiger partial charge on any atom is 0.412 e. The molecule has 1 atom stereocenters. The third-order valence-corrected chi connectivity index (χ3v) is 2.41. The fourth-order valence-electron chi connectivity index (χ4n) is 1.21. The molecule has 1 amide bonds. The Kier molecular flexibility index (Phi) is 3.96. The van der Waals surface area contributed by atoms with Gasteiger partial charge in [0.15, 0.2) is 6.04 Å². The second kappa shape index (κ2) is 4.86. The topological polar surface area (TPSA) is 29.1 Å². The average molecular weight is 296 g/mol. The minimum absolute atomic E-state index is 0.00546. The summed E-state index contributed by atoms with van der Waals surface area (Å²) in [7, 11) is 0. The number of hydrogen-bond donors (Lipinski definition) is 1. The lowest BCUT2D eigenvalue weighted by Gasteiger charge is -2.21. The summed E-state index contributed by atoms with van der Waals surface area (Å²) >= 11 is 3.13. The summed E-state index contributed by atoms with van der Waals surface area (Å²) < 4.78 is 38.6. The van der Waals surface area contributed by atoms with Gasteiger partial charge in [0.25, 0.3) is 0 Å². The van der Waals surface area contributed by atoms with Crippen LogP contribution in [0.2, 0.25) is 0 Å². The molecule has 0 bridgehead atoms. The van der Waals surface area contributed by atoms with Crippen molar-refractivity contribution >= 4 is 21.8 Å². The monoisotopic (exact) mass is 295 g/mol. The van der Waals surface area contributed by atoms with Crippen LogP contribution in [-0.2, 0) is 4.79 Å². The zero-order valence-corrected chi connectivity index (χ0v) is 9.89. The Balaban J connectivity index is 3.01. The molecule has 0 saturated carbocycles. The number of rotatable bonds is 2. The largest absolute Gasteiger partial charge is 0.412 e. The fourth-order valence-corrected chi connectivity index (χ4v) is 1.48. The van der Waals surface area contributed by atoms with E-state index in [1.54, 1.807) is 0 Å². The van der Waals surface area contributed by atoms with Crippen molar-refractivity contribution in [3.63, 3.8) is 0 Å². The van der Waals surface area contributed by atoms with Crippen LogP contribution in [0.4, 0.5) is 13.2 Å². The number of carbonyl (C=O) groups is 1. The van der Waals surface area contributed by atoms with Crippen molar-refractivity contribution in [3.8, 4) is 0 Å². The molecule has 0 aliphatic heterocycles. The highest BCUT2D eigenvalue weighted by Crippen LogP contribution is 2.33. The Morgan fingerprint density at radius 3 is 2.19 bits per heavy atom. The van der Waals surface area contributed by atoms with Crippen LogP contribution in [0.5, 0.6) is 0 Å². The molecule has 88 valence electrons. The zero-order valence-electron chi connectivity index (χ0n) is 8.31. The standard InChI is InChI=1S/C10H9BrF3NO/c1-6(16)15-9(10(12,13)14)7-2-4-8(11)5-3-7/h2-5,9H,1H3,(H,15,16). The third-order valence-electron chi connectivity index (χ3n) is 1.88. The highest BCUT2D eigenvalue weighted by atomic mass is 79.9. The number of nitrogens with one attached hydrogen (secondary N) is 1. The van der Waals surface area contributed by atoms with Gasteiger partial charge in [0.2, 0.25) is 5.91 Å². The summed E-state index contributed by atoms with van der Waals surface area (Å²) in [6, 6.07) is 3.67. The van der Waals surface area contributed by atoms with E-state index < -0.39 is 18.1 Å². The number of hydrogen-bond acceptors (Lipinski definition) is 1. The van der Waals surface area contributed by atoms with E-state index in [4.69, 9.17) is 0 Å². The van der Waals surface area contributed by atoms with Gasteiger partial charge in [-0.25, -0.2) is 0 Å². The molecule has 0 heterocycles. The summed E-state index contributed by atoms with van der Waals surface area (Å²) in [4.78, 5) is 10.7. The highest BCUT2D eigenvalue weighted by molar-refractivity contribution is 9.10. The Morgan fingerprint density at radius 1 is 1.31 bits per heavy atom. The number of alkyl halides is 3. The quantitative estimate of drug-likeness (QED) is 0.892. The van der Waals surface area contributed by atoms with E-state index in [-0.39, 0.29) is 5.56 Å². The normalized spacial score (nSPS) is 13.3. The van der Waals surface area contributed by atoms with Gasteiger partial charge in [-0.1, -0.05) is 28.1 Å². The van der Waals surface area contributed by atoms with Gasteiger partial charge in [-0.2, -0.15) is 13.2 Å². The minimum Gasteiger partial charge on any atom is -0.341 e. The first-order valence-corrected chi connectivity index (χ1v) is 5.19. The Hall–Kier alpha value is -1.04. The maximum absolute atomic E-state index is 12.6. The molecule has 0 fully saturated rings. The van der Waals surface area contributed by atoms with Gasteiger partial charge < -0.3 is 5.32 Å². The van der Waals surface area contributed by atoms with Crippen molar-refractivity contribution in [2.24, 2.45) is 0 Å². The predicted molar refractivity (Wildman–Crippen MR) is 56.8 cm³/mol. The SMILES string of the molecule is CC(=O)NC(c1ccc(Br)cc1)C(F)(F)F. The molecule has 6 heteroatoms. The van der Waals surface area contributed by atoms with Gasteiger partial charge in [-0.05, 0) is 17.7 Å². The molecular formula is C10H9BrF3NO. The Labute approximate surface area is 99.0 Å². The lowest BCUT2D eigenvalue weighted by molar-refractivity contribution is -0.162. The second-order valence-corrected chi connectivity index (χ2v) is 4.14. The summed E-state index contributed by atoms with van der Waals surface area (Å²) in [6.45, 7) is 1.05. The molecule has 1 aromatic rings. The highest BCUT2D eigenvalue weighted by Gasteiger charge is 2.41. The minimum atomic E-state index is -4.50. The van der Waals surface area contributed by atoms with Gasteiger partial charge in [-0.3, -0.25) is 4.79 Å². The maximum atomic E-state index is 12.6. The van der Waals surface area contributed by atoms with E-state index in [2.05, 4.69) is 15.9 Å². The molecule has 0 aliphatic rings. The van der Waals surface area contributed by atoms with Crippen LogP contribution in [0, 0.1) is 0 Å². The van der Waals surface area contributed by atoms with E-state index in [1.807, 2.05) is 5.32 Å². The first kappa shape index (κ1) is 13.0. The number of benzene rings is 1. The lowest BCUT2D eigenvalue weighted by Crippen LogP contribution is -2.36. The van der Waals surface area contributed by atoms with Crippen LogP contribution in [0.3, 0.4) is 0 Å². The van der Waals surface area contributed by atoms with Crippen molar-refractivity contribution in [2.45, 2.75) is 19.1 Å². The van der Waals surface area contributed by atoms with Crippen LogP contribution >= 0.6 is 15.9 Å². The number of amides is 1. The summed E-state index contributed by atoms with van der Waals surface area (Å²) in [5.74, 6) is -0.717. The molecule has 0 aromatic heterocycles. The van der Waals surface area contributed by atoms with E-state index in [0.717, 1.165) is 6.92 Å².